The molecule has 1 unspecified atom stereocenters. The molecule has 3 aromatic heterocycles. The van der Waals surface area contributed by atoms with E-state index in [0.29, 0.717) is 12.4 Å². The van der Waals surface area contributed by atoms with Gasteiger partial charge in [0, 0.05) is 34.8 Å². The molecule has 38 heavy (non-hydrogen) atoms. The number of amides is 2. The highest BCUT2D eigenvalue weighted by molar-refractivity contribution is 8.00. The number of nitrogens with one attached hydrogen (secondary N) is 1. The molecule has 0 saturated carbocycles. The van der Waals surface area contributed by atoms with Crippen LogP contribution in [0.3, 0.4) is 0 Å². The number of anilines is 1. The van der Waals surface area contributed by atoms with E-state index in [9.17, 15) is 9.59 Å². The van der Waals surface area contributed by atoms with Crippen molar-refractivity contribution in [3.63, 3.8) is 0 Å². The second-order valence-electron chi connectivity index (χ2n) is 10.4. The smallest absolute Gasteiger partial charge is 0.240 e. The van der Waals surface area contributed by atoms with Crippen molar-refractivity contribution in [3.8, 4) is 5.69 Å². The summed E-state index contributed by atoms with van der Waals surface area (Å²) in [5.41, 5.74) is 4.50. The minimum atomic E-state index is -0.281. The van der Waals surface area contributed by atoms with Crippen LogP contribution in [0.4, 0.5) is 5.82 Å². The molecular formula is C29H31N5O2S2. The molecule has 0 saturated heterocycles. The summed E-state index contributed by atoms with van der Waals surface area (Å²) in [5, 5.41) is 10.1. The van der Waals surface area contributed by atoms with Gasteiger partial charge in [-0.05, 0) is 47.7 Å². The van der Waals surface area contributed by atoms with Gasteiger partial charge >= 0.3 is 0 Å². The van der Waals surface area contributed by atoms with Crippen LogP contribution in [0.1, 0.15) is 53.3 Å². The Kier molecular flexibility index (Phi) is 7.40. The number of carbonyl (C=O) groups excluding carboxylic acids is 2. The first-order chi connectivity index (χ1) is 18.2. The maximum Gasteiger partial charge on any atom is 0.240 e. The summed E-state index contributed by atoms with van der Waals surface area (Å²) in [6, 6.07) is 16.0. The molecule has 1 aliphatic heterocycles. The third-order valence-corrected chi connectivity index (χ3v) is 8.68. The van der Waals surface area contributed by atoms with Gasteiger partial charge in [0.25, 0.3) is 0 Å². The van der Waals surface area contributed by atoms with Crippen LogP contribution in [-0.2, 0) is 21.5 Å². The number of aromatic nitrogens is 3. The van der Waals surface area contributed by atoms with Crippen LogP contribution >= 0.6 is 23.1 Å². The van der Waals surface area contributed by atoms with Crippen molar-refractivity contribution in [2.75, 3.05) is 17.2 Å². The van der Waals surface area contributed by atoms with E-state index in [4.69, 9.17) is 5.10 Å². The summed E-state index contributed by atoms with van der Waals surface area (Å²) >= 11 is 3.28. The maximum atomic E-state index is 13.7. The van der Waals surface area contributed by atoms with Crippen LogP contribution in [0.25, 0.3) is 5.69 Å². The number of hydrogen-bond acceptors (Lipinski definition) is 6. The Morgan fingerprint density at radius 1 is 1.16 bits per heavy atom. The minimum absolute atomic E-state index is 0.0646. The van der Waals surface area contributed by atoms with E-state index in [-0.39, 0.29) is 34.8 Å². The highest BCUT2D eigenvalue weighted by Gasteiger charge is 2.40. The standard InChI is InChI=1S/C29H31N5O2S2/c1-19-8-5-10-21(14-19)34-28-25(27(32-34)29(2,3)4)26(22-11-7-13-37-22)38-18-24(36)33(28)17-23(35)31-16-20-9-6-12-30-15-20/h5-15,26H,16-18H2,1-4H3,(H,31,35). The number of benzene rings is 1. The van der Waals surface area contributed by atoms with E-state index >= 15 is 0 Å². The number of hydrogen-bond donors (Lipinski definition) is 1. The van der Waals surface area contributed by atoms with Crippen molar-refractivity contribution in [1.82, 2.24) is 20.1 Å². The largest absolute Gasteiger partial charge is 0.350 e. The zero-order chi connectivity index (χ0) is 26.9. The highest BCUT2D eigenvalue weighted by atomic mass is 32.2. The zero-order valence-corrected chi connectivity index (χ0v) is 23.6. The minimum Gasteiger partial charge on any atom is -0.350 e. The Labute approximate surface area is 231 Å². The van der Waals surface area contributed by atoms with E-state index in [1.807, 2.05) is 48.0 Å². The molecule has 1 atom stereocenters. The van der Waals surface area contributed by atoms with Gasteiger partial charge in [-0.15, -0.1) is 23.1 Å². The van der Waals surface area contributed by atoms with Crippen LogP contribution in [0, 0.1) is 6.92 Å². The van der Waals surface area contributed by atoms with E-state index in [1.165, 1.54) is 4.88 Å². The predicted molar refractivity (Wildman–Crippen MR) is 154 cm³/mol. The third-order valence-electron chi connectivity index (χ3n) is 6.36. The molecule has 0 radical (unpaired) electrons. The maximum absolute atomic E-state index is 13.7. The average molecular weight is 546 g/mol. The predicted octanol–water partition coefficient (Wildman–Crippen LogP) is 5.42. The molecule has 4 aromatic rings. The molecular weight excluding hydrogens is 514 g/mol. The van der Waals surface area contributed by atoms with Gasteiger partial charge < -0.3 is 5.32 Å². The van der Waals surface area contributed by atoms with Gasteiger partial charge in [-0.2, -0.15) is 5.10 Å². The van der Waals surface area contributed by atoms with Gasteiger partial charge in [-0.1, -0.05) is 45.0 Å². The molecule has 7 nitrogen and oxygen atoms in total. The van der Waals surface area contributed by atoms with Gasteiger partial charge in [-0.25, -0.2) is 4.68 Å². The van der Waals surface area contributed by atoms with Crippen LogP contribution < -0.4 is 10.2 Å². The van der Waals surface area contributed by atoms with Crippen molar-refractivity contribution in [2.45, 2.75) is 44.9 Å². The summed E-state index contributed by atoms with van der Waals surface area (Å²) in [4.78, 5) is 33.8. The molecule has 0 bridgehead atoms. The Morgan fingerprint density at radius 2 is 2.00 bits per heavy atom. The van der Waals surface area contributed by atoms with Gasteiger partial charge in [-0.3, -0.25) is 19.5 Å². The molecule has 4 heterocycles. The van der Waals surface area contributed by atoms with Crippen LogP contribution in [-0.4, -0.2) is 38.9 Å². The fourth-order valence-corrected chi connectivity index (χ4v) is 6.76. The molecule has 1 N–H and O–H groups in total. The number of carbonyl (C=O) groups is 2. The van der Waals surface area contributed by atoms with Crippen molar-refractivity contribution >= 4 is 40.7 Å². The monoisotopic (exact) mass is 545 g/mol. The molecule has 5 rings (SSSR count). The molecule has 2 amide bonds. The van der Waals surface area contributed by atoms with Crippen LogP contribution in [0.2, 0.25) is 0 Å². The molecule has 1 aromatic carbocycles. The summed E-state index contributed by atoms with van der Waals surface area (Å²) in [6.45, 7) is 8.72. The number of nitrogens with zero attached hydrogens (tertiary/aromatic N) is 4. The number of aryl methyl sites for hydroxylation is 1. The van der Waals surface area contributed by atoms with Crippen molar-refractivity contribution in [3.05, 3.63) is 93.6 Å². The van der Waals surface area contributed by atoms with E-state index in [1.54, 1.807) is 40.4 Å². The molecule has 0 spiro atoms. The Balaban J connectivity index is 1.63. The Hall–Kier alpha value is -3.43. The van der Waals surface area contributed by atoms with Crippen molar-refractivity contribution in [2.24, 2.45) is 0 Å². The normalized spacial score (nSPS) is 15.7. The first-order valence-electron chi connectivity index (χ1n) is 12.5. The molecule has 0 fully saturated rings. The lowest BCUT2D eigenvalue weighted by molar-refractivity contribution is -0.123. The number of thioether (sulfide) groups is 1. The SMILES string of the molecule is Cc1cccc(-n2nc(C(C)(C)C)c3c2N(CC(=O)NCc2cccnc2)C(=O)CSC3c2cccs2)c1. The Bertz CT molecular complexity index is 1440. The lowest BCUT2D eigenvalue weighted by Gasteiger charge is -2.24. The van der Waals surface area contributed by atoms with Crippen molar-refractivity contribution < 1.29 is 9.59 Å². The van der Waals surface area contributed by atoms with Gasteiger partial charge in [0.2, 0.25) is 11.8 Å². The number of fused-ring (bicyclic) bond motifs is 1. The zero-order valence-electron chi connectivity index (χ0n) is 22.0. The highest BCUT2D eigenvalue weighted by Crippen LogP contribution is 2.49. The summed E-state index contributed by atoms with van der Waals surface area (Å²) in [7, 11) is 0. The fourth-order valence-electron chi connectivity index (χ4n) is 4.58. The molecule has 0 aliphatic carbocycles. The molecule has 9 heteroatoms. The second kappa shape index (κ2) is 10.7. The van der Waals surface area contributed by atoms with E-state index in [2.05, 4.69) is 48.6 Å². The second-order valence-corrected chi connectivity index (χ2v) is 12.5. The van der Waals surface area contributed by atoms with Gasteiger partial charge in [0.15, 0.2) is 0 Å². The Morgan fingerprint density at radius 3 is 2.68 bits per heavy atom. The van der Waals surface area contributed by atoms with E-state index in [0.717, 1.165) is 28.1 Å². The van der Waals surface area contributed by atoms with Gasteiger partial charge in [0.1, 0.15) is 12.4 Å². The van der Waals surface area contributed by atoms with Crippen molar-refractivity contribution in [1.29, 1.82) is 0 Å². The van der Waals surface area contributed by atoms with Gasteiger partial charge in [0.05, 0.1) is 22.4 Å². The number of thiophene rings is 1. The first kappa shape index (κ1) is 26.2. The average Bonchev–Trinajstić information content (AvgIpc) is 3.53. The van der Waals surface area contributed by atoms with Crippen LogP contribution in [0.15, 0.2) is 66.3 Å². The lowest BCUT2D eigenvalue weighted by Crippen LogP contribution is -2.42. The summed E-state index contributed by atoms with van der Waals surface area (Å²) < 4.78 is 1.86. The molecule has 196 valence electrons. The summed E-state index contributed by atoms with van der Waals surface area (Å²) in [6.07, 6.45) is 3.42. The topological polar surface area (TPSA) is 80.1 Å². The number of pyridine rings is 1. The first-order valence-corrected chi connectivity index (χ1v) is 14.5. The van der Waals surface area contributed by atoms with E-state index < -0.39 is 0 Å². The fraction of sp³-hybridized carbons (Fsp3) is 0.310. The van der Waals surface area contributed by atoms with Crippen LogP contribution in [0.5, 0.6) is 0 Å². The summed E-state index contributed by atoms with van der Waals surface area (Å²) in [5.74, 6) is 0.596. The quantitative estimate of drug-likeness (QED) is 0.350. The molecule has 1 aliphatic rings. The number of rotatable bonds is 6. The lowest BCUT2D eigenvalue weighted by atomic mass is 9.88. The third kappa shape index (κ3) is 5.39.